The van der Waals surface area contributed by atoms with Crippen molar-refractivity contribution >= 4 is 39.5 Å². The molecule has 134 valence electrons. The van der Waals surface area contributed by atoms with Crippen LogP contribution in [0.15, 0.2) is 42.2 Å². The molecule has 0 amide bonds. The highest BCUT2D eigenvalue weighted by molar-refractivity contribution is 7.13. The lowest BCUT2D eigenvalue weighted by molar-refractivity contribution is 0.596. The van der Waals surface area contributed by atoms with Crippen LogP contribution in [0, 0.1) is 5.82 Å². The Morgan fingerprint density at radius 2 is 1.81 bits per heavy atom. The minimum absolute atomic E-state index is 0.197. The van der Waals surface area contributed by atoms with Gasteiger partial charge in [-0.25, -0.2) is 19.3 Å². The number of benzene rings is 1. The Hall–Kier alpha value is -2.94. The molecule has 1 saturated heterocycles. The van der Waals surface area contributed by atoms with Crippen LogP contribution in [0.4, 0.5) is 32.5 Å². The van der Waals surface area contributed by atoms with E-state index < -0.39 is 0 Å². The number of rotatable bonds is 4. The summed E-state index contributed by atoms with van der Waals surface area (Å²) < 4.78 is 14.0. The highest BCUT2D eigenvalue weighted by Crippen LogP contribution is 2.30. The van der Waals surface area contributed by atoms with E-state index in [9.17, 15) is 4.39 Å². The van der Waals surface area contributed by atoms with Gasteiger partial charge in [0.25, 0.3) is 0 Å². The second-order valence-corrected chi connectivity index (χ2v) is 6.74. The van der Waals surface area contributed by atoms with Crippen molar-refractivity contribution in [3.05, 3.63) is 48.0 Å². The minimum atomic E-state index is -0.197. The maximum atomic E-state index is 14.0. The Kier molecular flexibility index (Phi) is 4.53. The van der Waals surface area contributed by atoms with E-state index >= 15 is 0 Å². The molecule has 0 aliphatic carbocycles. The van der Waals surface area contributed by atoms with Crippen LogP contribution in [0.25, 0.3) is 0 Å². The molecule has 1 aromatic carbocycles. The Labute approximate surface area is 154 Å². The molecule has 0 atom stereocenters. The molecule has 1 aliphatic rings. The molecule has 0 bridgehead atoms. The fourth-order valence-corrected chi connectivity index (χ4v) is 3.52. The first-order valence-electron chi connectivity index (χ1n) is 8.24. The van der Waals surface area contributed by atoms with Crippen LogP contribution < -0.4 is 20.9 Å². The quantitative estimate of drug-likeness (QED) is 0.729. The first-order chi connectivity index (χ1) is 12.7. The monoisotopic (exact) mass is 371 g/mol. The van der Waals surface area contributed by atoms with Crippen molar-refractivity contribution in [2.75, 3.05) is 47.0 Å². The zero-order valence-electron chi connectivity index (χ0n) is 14.0. The molecule has 3 aromatic rings. The van der Waals surface area contributed by atoms with Crippen LogP contribution in [0.5, 0.6) is 0 Å². The Bertz CT molecular complexity index is 879. The molecule has 3 heterocycles. The smallest absolute Gasteiger partial charge is 0.188 e. The van der Waals surface area contributed by atoms with Crippen LogP contribution in [0.1, 0.15) is 0 Å². The van der Waals surface area contributed by atoms with Gasteiger partial charge in [0.1, 0.15) is 17.8 Å². The van der Waals surface area contributed by atoms with Gasteiger partial charge < -0.3 is 20.9 Å². The predicted molar refractivity (Wildman–Crippen MR) is 103 cm³/mol. The molecule has 4 rings (SSSR count). The summed E-state index contributed by atoms with van der Waals surface area (Å²) in [4.78, 5) is 16.9. The van der Waals surface area contributed by atoms with Crippen LogP contribution in [-0.4, -0.2) is 41.1 Å². The summed E-state index contributed by atoms with van der Waals surface area (Å²) in [6.07, 6.45) is 3.21. The lowest BCUT2D eigenvalue weighted by atomic mass is 10.2. The molecule has 2 aromatic heterocycles. The van der Waals surface area contributed by atoms with Crippen molar-refractivity contribution in [2.24, 2.45) is 0 Å². The summed E-state index contributed by atoms with van der Waals surface area (Å²) in [5.74, 6) is 1.03. The molecule has 7 nitrogen and oxygen atoms in total. The maximum Gasteiger partial charge on any atom is 0.188 e. The number of halogens is 1. The van der Waals surface area contributed by atoms with Crippen molar-refractivity contribution in [3.63, 3.8) is 0 Å². The maximum absolute atomic E-state index is 14.0. The molecule has 1 aliphatic heterocycles. The zero-order valence-corrected chi connectivity index (χ0v) is 14.8. The standard InChI is InChI=1S/C17H18FN7S/c18-12-3-1-2-4-13(12)24-6-8-25(9-7-24)16-14(19)15(21-11-22-16)23-17-20-5-10-26-17/h1-5,10-11H,6-9,19H2,(H,20,21,22,23). The summed E-state index contributed by atoms with van der Waals surface area (Å²) in [7, 11) is 0. The molecular weight excluding hydrogens is 353 g/mol. The number of aromatic nitrogens is 3. The van der Waals surface area contributed by atoms with E-state index in [2.05, 4.69) is 25.2 Å². The largest absolute Gasteiger partial charge is 0.393 e. The van der Waals surface area contributed by atoms with E-state index in [1.165, 1.54) is 23.7 Å². The van der Waals surface area contributed by atoms with Crippen molar-refractivity contribution in [3.8, 4) is 0 Å². The van der Waals surface area contributed by atoms with Gasteiger partial charge in [-0.15, -0.1) is 11.3 Å². The SMILES string of the molecule is Nc1c(Nc2nccs2)ncnc1N1CCN(c2ccccc2F)CC1. The lowest BCUT2D eigenvalue weighted by Gasteiger charge is -2.37. The molecular formula is C17H18FN7S. The van der Waals surface area contributed by atoms with Crippen LogP contribution in [0.3, 0.4) is 0 Å². The summed E-state index contributed by atoms with van der Waals surface area (Å²) in [5.41, 5.74) is 7.40. The summed E-state index contributed by atoms with van der Waals surface area (Å²) in [6, 6.07) is 6.85. The van der Waals surface area contributed by atoms with Gasteiger partial charge in [-0.1, -0.05) is 12.1 Å². The topological polar surface area (TPSA) is 83.2 Å². The number of nitrogen functional groups attached to an aromatic ring is 1. The molecule has 0 saturated carbocycles. The third-order valence-electron chi connectivity index (χ3n) is 4.29. The number of nitrogens with one attached hydrogen (secondary N) is 1. The second-order valence-electron chi connectivity index (χ2n) is 5.85. The lowest BCUT2D eigenvalue weighted by Crippen LogP contribution is -2.47. The molecule has 26 heavy (non-hydrogen) atoms. The number of piperazine rings is 1. The van der Waals surface area contributed by atoms with Crippen molar-refractivity contribution < 1.29 is 4.39 Å². The van der Waals surface area contributed by atoms with Crippen molar-refractivity contribution in [1.82, 2.24) is 15.0 Å². The number of thiazole rings is 1. The molecule has 0 spiro atoms. The Morgan fingerprint density at radius 1 is 1.04 bits per heavy atom. The Morgan fingerprint density at radius 3 is 2.54 bits per heavy atom. The van der Waals surface area contributed by atoms with Crippen molar-refractivity contribution in [1.29, 1.82) is 0 Å². The molecule has 3 N–H and O–H groups in total. The number of hydrogen-bond acceptors (Lipinski definition) is 8. The fourth-order valence-electron chi connectivity index (χ4n) is 2.99. The summed E-state index contributed by atoms with van der Waals surface area (Å²) in [5, 5.41) is 5.72. The molecule has 9 heteroatoms. The second kappa shape index (κ2) is 7.12. The normalized spacial score (nSPS) is 14.5. The summed E-state index contributed by atoms with van der Waals surface area (Å²) in [6.45, 7) is 2.79. The number of anilines is 5. The highest BCUT2D eigenvalue weighted by atomic mass is 32.1. The number of nitrogens with two attached hydrogens (primary N) is 1. The number of hydrogen-bond donors (Lipinski definition) is 2. The summed E-state index contributed by atoms with van der Waals surface area (Å²) >= 11 is 1.47. The van der Waals surface area contributed by atoms with Crippen LogP contribution in [0.2, 0.25) is 0 Å². The highest BCUT2D eigenvalue weighted by Gasteiger charge is 2.22. The van der Waals surface area contributed by atoms with Crippen LogP contribution in [-0.2, 0) is 0 Å². The van der Waals surface area contributed by atoms with Gasteiger partial charge in [-0.05, 0) is 12.1 Å². The van der Waals surface area contributed by atoms with E-state index in [1.54, 1.807) is 18.3 Å². The van der Waals surface area contributed by atoms with Gasteiger partial charge in [0.15, 0.2) is 16.8 Å². The van der Waals surface area contributed by atoms with Crippen LogP contribution >= 0.6 is 11.3 Å². The average Bonchev–Trinajstić information content (AvgIpc) is 3.17. The Balaban J connectivity index is 1.48. The van der Waals surface area contributed by atoms with E-state index in [0.717, 1.165) is 5.13 Å². The third kappa shape index (κ3) is 3.25. The molecule has 0 unspecified atom stereocenters. The van der Waals surface area contributed by atoms with Gasteiger partial charge in [0.05, 0.1) is 5.69 Å². The van der Waals surface area contributed by atoms with Gasteiger partial charge >= 0.3 is 0 Å². The molecule has 0 radical (unpaired) electrons. The van der Waals surface area contributed by atoms with E-state index in [-0.39, 0.29) is 5.82 Å². The van der Waals surface area contributed by atoms with Gasteiger partial charge in [0, 0.05) is 37.8 Å². The first-order valence-corrected chi connectivity index (χ1v) is 9.12. The van der Waals surface area contributed by atoms with E-state index in [4.69, 9.17) is 5.73 Å². The van der Waals surface area contributed by atoms with E-state index in [1.807, 2.05) is 16.3 Å². The zero-order chi connectivity index (χ0) is 17.9. The average molecular weight is 371 g/mol. The van der Waals surface area contributed by atoms with Gasteiger partial charge in [-0.3, -0.25) is 0 Å². The fraction of sp³-hybridized carbons (Fsp3) is 0.235. The minimum Gasteiger partial charge on any atom is -0.393 e. The molecule has 1 fully saturated rings. The van der Waals surface area contributed by atoms with Gasteiger partial charge in [0.2, 0.25) is 0 Å². The third-order valence-corrected chi connectivity index (χ3v) is 4.98. The number of nitrogens with zero attached hydrogens (tertiary/aromatic N) is 5. The van der Waals surface area contributed by atoms with Crippen molar-refractivity contribution in [2.45, 2.75) is 0 Å². The predicted octanol–water partition coefficient (Wildman–Crippen LogP) is 2.72. The van der Waals surface area contributed by atoms with Gasteiger partial charge in [-0.2, -0.15) is 0 Å². The van der Waals surface area contributed by atoms with E-state index in [0.29, 0.717) is 49.2 Å². The first kappa shape index (κ1) is 16.5. The number of para-hydroxylation sites is 1.